The predicted octanol–water partition coefficient (Wildman–Crippen LogP) is 2.17. The Kier molecular flexibility index (Phi) is 9.69. The highest BCUT2D eigenvalue weighted by Gasteiger charge is 2.22. The zero-order valence-electron chi connectivity index (χ0n) is 12.4. The van der Waals surface area contributed by atoms with Gasteiger partial charge in [-0.15, -0.1) is 0 Å². The van der Waals surface area contributed by atoms with Gasteiger partial charge in [-0.05, 0) is 36.8 Å². The standard InChI is InChI=1S/C17H18O4/c1-5-7-9-10-11-13-17(21-15(4)19)16(12-8-6-2)20-14(3)18/h5-8,12,16-17H,2H2,1,3-4H3/b7-5+,12-8+/t16-,17+/m0/s1. The molecule has 0 aliphatic carbocycles. The van der Waals surface area contributed by atoms with Crippen LogP contribution in [0.15, 0.2) is 37.0 Å². The Morgan fingerprint density at radius 2 is 1.81 bits per heavy atom. The molecule has 0 heterocycles. The molecule has 0 unspecified atom stereocenters. The summed E-state index contributed by atoms with van der Waals surface area (Å²) in [5.41, 5.74) is 0. The second-order valence-electron chi connectivity index (χ2n) is 3.76. The normalized spacial score (nSPS) is 12.5. The van der Waals surface area contributed by atoms with Crippen molar-refractivity contribution in [3.05, 3.63) is 37.0 Å². The topological polar surface area (TPSA) is 52.6 Å². The van der Waals surface area contributed by atoms with E-state index in [-0.39, 0.29) is 0 Å². The van der Waals surface area contributed by atoms with Crippen LogP contribution >= 0.6 is 0 Å². The van der Waals surface area contributed by atoms with Crippen LogP contribution in [0.4, 0.5) is 0 Å². The average Bonchev–Trinajstić information content (AvgIpc) is 2.41. The van der Waals surface area contributed by atoms with Gasteiger partial charge >= 0.3 is 11.9 Å². The number of hydrogen-bond acceptors (Lipinski definition) is 4. The van der Waals surface area contributed by atoms with Gasteiger partial charge in [0.25, 0.3) is 0 Å². The summed E-state index contributed by atoms with van der Waals surface area (Å²) < 4.78 is 10.1. The molecular weight excluding hydrogens is 268 g/mol. The van der Waals surface area contributed by atoms with Gasteiger partial charge in [-0.3, -0.25) is 9.59 Å². The van der Waals surface area contributed by atoms with E-state index in [9.17, 15) is 9.59 Å². The molecule has 0 bridgehead atoms. The summed E-state index contributed by atoms with van der Waals surface area (Å²) in [6, 6.07) is 0. The molecule has 0 aliphatic heterocycles. The molecule has 2 atom stereocenters. The van der Waals surface area contributed by atoms with Gasteiger partial charge in [0.2, 0.25) is 6.10 Å². The lowest BCUT2D eigenvalue weighted by atomic mass is 10.2. The lowest BCUT2D eigenvalue weighted by Gasteiger charge is -2.19. The largest absolute Gasteiger partial charge is 0.453 e. The fourth-order valence-electron chi connectivity index (χ4n) is 1.21. The number of allylic oxidation sites excluding steroid dienone is 4. The molecule has 0 amide bonds. The van der Waals surface area contributed by atoms with Gasteiger partial charge in [0.05, 0.1) is 0 Å². The second kappa shape index (κ2) is 11.1. The molecule has 0 spiro atoms. The van der Waals surface area contributed by atoms with Gasteiger partial charge in [-0.2, -0.15) is 0 Å². The molecule has 0 fully saturated rings. The molecule has 0 radical (unpaired) electrons. The Bertz CT molecular complexity index is 547. The maximum Gasteiger partial charge on any atom is 0.304 e. The molecule has 110 valence electrons. The SMILES string of the molecule is C=C/C=C/[C@H](OC(C)=O)[C@@H](C#CC#C/C=C/C)OC(C)=O. The molecule has 0 saturated heterocycles. The van der Waals surface area contributed by atoms with E-state index in [1.165, 1.54) is 26.0 Å². The quantitative estimate of drug-likeness (QED) is 0.441. The van der Waals surface area contributed by atoms with Gasteiger partial charge in [0.15, 0.2) is 6.10 Å². The molecule has 4 heteroatoms. The van der Waals surface area contributed by atoms with Crippen LogP contribution in [-0.4, -0.2) is 24.1 Å². The lowest BCUT2D eigenvalue weighted by molar-refractivity contribution is -0.157. The number of rotatable bonds is 5. The highest BCUT2D eigenvalue weighted by Crippen LogP contribution is 2.07. The number of ether oxygens (including phenoxy) is 2. The van der Waals surface area contributed by atoms with Crippen LogP contribution in [-0.2, 0) is 19.1 Å². The minimum atomic E-state index is -0.928. The first-order valence-electron chi connectivity index (χ1n) is 6.27. The van der Waals surface area contributed by atoms with Crippen LogP contribution in [0.25, 0.3) is 0 Å². The molecule has 4 nitrogen and oxygen atoms in total. The van der Waals surface area contributed by atoms with Gasteiger partial charge in [-0.25, -0.2) is 0 Å². The highest BCUT2D eigenvalue weighted by atomic mass is 16.6. The summed E-state index contributed by atoms with van der Waals surface area (Å²) in [6.07, 6.45) is 6.29. The zero-order valence-corrected chi connectivity index (χ0v) is 12.4. The minimum Gasteiger partial charge on any atom is -0.453 e. The first kappa shape index (κ1) is 18.3. The molecule has 0 aliphatic rings. The lowest BCUT2D eigenvalue weighted by Crippen LogP contribution is -2.31. The van der Waals surface area contributed by atoms with Crippen molar-refractivity contribution >= 4 is 11.9 Å². The molecule has 0 aromatic rings. The maximum atomic E-state index is 11.1. The van der Waals surface area contributed by atoms with Crippen molar-refractivity contribution in [2.24, 2.45) is 0 Å². The second-order valence-corrected chi connectivity index (χ2v) is 3.76. The molecular formula is C17H18O4. The third-order valence-corrected chi connectivity index (χ3v) is 1.93. The smallest absolute Gasteiger partial charge is 0.304 e. The Balaban J connectivity index is 5.25. The van der Waals surface area contributed by atoms with E-state index in [2.05, 4.69) is 30.3 Å². The zero-order chi connectivity index (χ0) is 16.1. The summed E-state index contributed by atoms with van der Waals surface area (Å²) in [6.45, 7) is 7.88. The van der Waals surface area contributed by atoms with Crippen LogP contribution in [0.3, 0.4) is 0 Å². The summed E-state index contributed by atoms with van der Waals surface area (Å²) >= 11 is 0. The Labute approximate surface area is 125 Å². The van der Waals surface area contributed by atoms with Crippen molar-refractivity contribution in [2.75, 3.05) is 0 Å². The summed E-state index contributed by atoms with van der Waals surface area (Å²) in [4.78, 5) is 22.2. The van der Waals surface area contributed by atoms with E-state index >= 15 is 0 Å². The molecule has 0 N–H and O–H groups in total. The number of carbonyl (C=O) groups excluding carboxylic acids is 2. The summed E-state index contributed by atoms with van der Waals surface area (Å²) in [5, 5.41) is 0. The van der Waals surface area contributed by atoms with E-state index in [0.717, 1.165) is 0 Å². The van der Waals surface area contributed by atoms with Gasteiger partial charge in [0, 0.05) is 13.8 Å². The Morgan fingerprint density at radius 1 is 1.14 bits per heavy atom. The number of hydrogen-bond donors (Lipinski definition) is 0. The highest BCUT2D eigenvalue weighted by molar-refractivity contribution is 5.68. The van der Waals surface area contributed by atoms with Crippen molar-refractivity contribution in [1.29, 1.82) is 0 Å². The van der Waals surface area contributed by atoms with Gasteiger partial charge in [0.1, 0.15) is 0 Å². The molecule has 0 aromatic heterocycles. The van der Waals surface area contributed by atoms with Crippen molar-refractivity contribution < 1.29 is 19.1 Å². The average molecular weight is 286 g/mol. The molecule has 0 aromatic carbocycles. The molecule has 0 saturated carbocycles. The first-order valence-corrected chi connectivity index (χ1v) is 6.27. The van der Waals surface area contributed by atoms with E-state index in [1.54, 1.807) is 18.2 Å². The van der Waals surface area contributed by atoms with Crippen molar-refractivity contribution in [3.63, 3.8) is 0 Å². The Morgan fingerprint density at radius 3 is 2.33 bits per heavy atom. The monoisotopic (exact) mass is 286 g/mol. The molecule has 0 rings (SSSR count). The Hall–Kier alpha value is -2.72. The van der Waals surface area contributed by atoms with Gasteiger partial charge < -0.3 is 9.47 Å². The van der Waals surface area contributed by atoms with E-state index in [0.29, 0.717) is 0 Å². The van der Waals surface area contributed by atoms with Crippen molar-refractivity contribution in [2.45, 2.75) is 33.0 Å². The van der Waals surface area contributed by atoms with Crippen LogP contribution in [0.2, 0.25) is 0 Å². The third kappa shape index (κ3) is 9.81. The van der Waals surface area contributed by atoms with Crippen LogP contribution in [0.5, 0.6) is 0 Å². The van der Waals surface area contributed by atoms with E-state index in [4.69, 9.17) is 9.47 Å². The first-order chi connectivity index (χ1) is 10.0. The van der Waals surface area contributed by atoms with Crippen molar-refractivity contribution in [1.82, 2.24) is 0 Å². The van der Waals surface area contributed by atoms with Crippen LogP contribution in [0, 0.1) is 23.7 Å². The summed E-state index contributed by atoms with van der Waals surface area (Å²) in [5.74, 6) is 9.45. The number of esters is 2. The van der Waals surface area contributed by atoms with Gasteiger partial charge in [-0.1, -0.05) is 30.7 Å². The predicted molar refractivity (Wildman–Crippen MR) is 80.8 cm³/mol. The van der Waals surface area contributed by atoms with E-state index < -0.39 is 24.1 Å². The van der Waals surface area contributed by atoms with Crippen LogP contribution in [0.1, 0.15) is 20.8 Å². The minimum absolute atomic E-state index is 0.507. The molecule has 21 heavy (non-hydrogen) atoms. The fraction of sp³-hybridized carbons (Fsp3) is 0.294. The fourth-order valence-corrected chi connectivity index (χ4v) is 1.21. The third-order valence-electron chi connectivity index (χ3n) is 1.93. The summed E-state index contributed by atoms with van der Waals surface area (Å²) in [7, 11) is 0. The number of carbonyl (C=O) groups is 2. The maximum absolute atomic E-state index is 11.1. The van der Waals surface area contributed by atoms with E-state index in [1.807, 2.05) is 6.92 Å². The van der Waals surface area contributed by atoms with Crippen LogP contribution < -0.4 is 0 Å². The van der Waals surface area contributed by atoms with Crippen molar-refractivity contribution in [3.8, 4) is 23.7 Å².